The lowest BCUT2D eigenvalue weighted by Gasteiger charge is -2.59. The molecular formula is C23H33NO7P+. The second kappa shape index (κ2) is 7.05. The van der Waals surface area contributed by atoms with E-state index in [-0.39, 0.29) is 30.2 Å². The summed E-state index contributed by atoms with van der Waals surface area (Å²) in [5.41, 5.74) is 1.24. The van der Waals surface area contributed by atoms with Crippen LogP contribution in [0.25, 0.3) is 0 Å². The topological polar surface area (TPSA) is 94.5 Å². The Bertz CT molecular complexity index is 1020. The molecule has 2 aliphatic heterocycles. The number of piperidine rings is 1. The van der Waals surface area contributed by atoms with Crippen molar-refractivity contribution in [3.63, 3.8) is 0 Å². The highest BCUT2D eigenvalue weighted by Crippen LogP contribution is 2.63. The minimum atomic E-state index is -4.20. The van der Waals surface area contributed by atoms with Crippen LogP contribution >= 0.6 is 7.82 Å². The van der Waals surface area contributed by atoms with E-state index in [1.165, 1.54) is 11.1 Å². The van der Waals surface area contributed by atoms with Crippen LogP contribution in [0, 0.1) is 5.92 Å². The van der Waals surface area contributed by atoms with Crippen molar-refractivity contribution < 1.29 is 37.6 Å². The highest BCUT2D eigenvalue weighted by Gasteiger charge is 2.68. The van der Waals surface area contributed by atoms with Gasteiger partial charge in [-0.05, 0) is 32.4 Å². The maximum absolute atomic E-state index is 12.6. The number of quaternary nitrogens is 1. The monoisotopic (exact) mass is 466 g/mol. The Morgan fingerprint density at radius 2 is 2.06 bits per heavy atom. The average molecular weight is 466 g/mol. The highest BCUT2D eigenvalue weighted by atomic mass is 31.2. The summed E-state index contributed by atoms with van der Waals surface area (Å²) >= 11 is 0. The number of nitrogens with zero attached hydrogens (tertiary/aromatic N) is 1. The van der Waals surface area contributed by atoms with Crippen molar-refractivity contribution in [2.45, 2.75) is 62.9 Å². The summed E-state index contributed by atoms with van der Waals surface area (Å²) in [5, 5.41) is 10.8. The fraction of sp³-hybridized carbons (Fsp3) is 0.652. The van der Waals surface area contributed by atoms with Crippen molar-refractivity contribution in [3.8, 4) is 11.5 Å². The number of likely N-dealkylation sites (tertiary alicyclic amines) is 1. The van der Waals surface area contributed by atoms with Gasteiger partial charge in [0.25, 0.3) is 0 Å². The third-order valence-electron chi connectivity index (χ3n) is 7.65. The number of phosphoric ester groups is 1. The number of methoxy groups -OCH3 is 1. The number of hydrogen-bond acceptors (Lipinski definition) is 6. The molecule has 2 bridgehead atoms. The van der Waals surface area contributed by atoms with Gasteiger partial charge in [-0.2, -0.15) is 0 Å². The van der Waals surface area contributed by atoms with Gasteiger partial charge in [0, 0.05) is 24.3 Å². The molecule has 2 N–H and O–H groups in total. The summed E-state index contributed by atoms with van der Waals surface area (Å²) < 4.78 is 35.8. The molecule has 0 radical (unpaired) electrons. The SMILES string of the molecule is COc1ccc2c3c1O[C@H]1[C@@H](O)C=C[C@H]4[C@@H](C2)[N+](C)(COP(=O)(O)OC(C)(C)C)CC[C@@]341. The molecule has 1 aromatic carbocycles. The summed E-state index contributed by atoms with van der Waals surface area (Å²) in [6.07, 6.45) is 4.44. The predicted octanol–water partition coefficient (Wildman–Crippen LogP) is 2.91. The van der Waals surface area contributed by atoms with Gasteiger partial charge >= 0.3 is 7.82 Å². The third kappa shape index (κ3) is 3.19. The molecule has 1 saturated heterocycles. The van der Waals surface area contributed by atoms with Crippen LogP contribution in [-0.2, 0) is 25.4 Å². The lowest BCUT2D eigenvalue weighted by Crippen LogP contribution is -2.71. The number of hydrogen-bond donors (Lipinski definition) is 2. The van der Waals surface area contributed by atoms with E-state index in [1.54, 1.807) is 27.9 Å². The number of phosphoric acid groups is 1. The molecule has 5 rings (SSSR count). The van der Waals surface area contributed by atoms with E-state index in [0.29, 0.717) is 10.2 Å². The van der Waals surface area contributed by atoms with Crippen molar-refractivity contribution in [1.82, 2.24) is 0 Å². The van der Waals surface area contributed by atoms with Gasteiger partial charge in [-0.15, -0.1) is 0 Å². The maximum Gasteiger partial charge on any atom is 0.477 e. The molecule has 2 heterocycles. The molecule has 9 heteroatoms. The Kier molecular flexibility index (Phi) is 4.93. The van der Waals surface area contributed by atoms with E-state index in [2.05, 4.69) is 19.2 Å². The molecule has 8 nitrogen and oxygen atoms in total. The zero-order chi connectivity index (χ0) is 23.1. The number of aliphatic hydroxyl groups excluding tert-OH is 1. The molecular weight excluding hydrogens is 433 g/mol. The second-order valence-corrected chi connectivity index (χ2v) is 12.1. The smallest absolute Gasteiger partial charge is 0.477 e. The number of benzene rings is 1. The van der Waals surface area contributed by atoms with Gasteiger partial charge in [0.15, 0.2) is 18.2 Å². The molecule has 2 aliphatic carbocycles. The molecule has 0 aromatic heterocycles. The van der Waals surface area contributed by atoms with Crippen LogP contribution in [0.3, 0.4) is 0 Å². The van der Waals surface area contributed by atoms with Crippen LogP contribution in [0.4, 0.5) is 0 Å². The molecule has 32 heavy (non-hydrogen) atoms. The summed E-state index contributed by atoms with van der Waals surface area (Å²) in [6, 6.07) is 4.13. The van der Waals surface area contributed by atoms with Crippen LogP contribution in [0.5, 0.6) is 11.5 Å². The lowest BCUT2D eigenvalue weighted by atomic mass is 9.53. The fourth-order valence-electron chi connectivity index (χ4n) is 6.38. The molecule has 1 fully saturated rings. The van der Waals surface area contributed by atoms with E-state index in [4.69, 9.17) is 18.5 Å². The lowest BCUT2D eigenvalue weighted by molar-refractivity contribution is -0.957. The predicted molar refractivity (Wildman–Crippen MR) is 118 cm³/mol. The molecule has 2 unspecified atom stereocenters. The minimum absolute atomic E-state index is 0.0708. The first kappa shape index (κ1) is 22.4. The summed E-state index contributed by atoms with van der Waals surface area (Å²) in [7, 11) is -0.485. The standard InChI is InChI=1S/C23H32NO7P/c1-22(2,3)31-32(26,27)29-13-24(4)11-10-23-15-7-8-17(25)21(23)30-20-18(28-5)9-6-14(19(20)23)12-16(15)24/h6-9,15-17,21,25H,10-13H2,1-5H3/p+1/t15-,16+,17-,21-,23-,24?/m0/s1. The molecule has 4 aliphatic rings. The van der Waals surface area contributed by atoms with Gasteiger partial charge in [-0.1, -0.05) is 18.2 Å². The van der Waals surface area contributed by atoms with E-state index in [9.17, 15) is 14.6 Å². The number of likely N-dealkylation sites (N-methyl/N-ethyl adjacent to an activating group) is 1. The Morgan fingerprint density at radius 3 is 2.75 bits per heavy atom. The van der Waals surface area contributed by atoms with Crippen molar-refractivity contribution in [2.24, 2.45) is 5.92 Å². The van der Waals surface area contributed by atoms with Crippen LogP contribution in [0.15, 0.2) is 24.3 Å². The fourth-order valence-corrected chi connectivity index (χ4v) is 7.54. The normalized spacial score (nSPS) is 38.6. The van der Waals surface area contributed by atoms with E-state index < -0.39 is 19.5 Å². The average Bonchev–Trinajstić information content (AvgIpc) is 3.05. The zero-order valence-electron chi connectivity index (χ0n) is 19.3. The van der Waals surface area contributed by atoms with Crippen LogP contribution in [-0.4, -0.2) is 65.8 Å². The Hall–Kier alpha value is -1.41. The third-order valence-corrected chi connectivity index (χ3v) is 8.87. The van der Waals surface area contributed by atoms with E-state index in [1.807, 2.05) is 12.1 Å². The molecule has 1 spiro atoms. The maximum atomic E-state index is 12.6. The second-order valence-electron chi connectivity index (χ2n) is 10.8. The van der Waals surface area contributed by atoms with Gasteiger partial charge < -0.3 is 19.5 Å². The molecule has 0 saturated carbocycles. The van der Waals surface area contributed by atoms with Crippen molar-refractivity contribution in [3.05, 3.63) is 35.4 Å². The Morgan fingerprint density at radius 1 is 1.31 bits per heavy atom. The molecule has 1 aromatic rings. The summed E-state index contributed by atoms with van der Waals surface area (Å²) in [4.78, 5) is 10.3. The van der Waals surface area contributed by atoms with Gasteiger partial charge in [-0.3, -0.25) is 9.01 Å². The van der Waals surface area contributed by atoms with E-state index in [0.717, 1.165) is 25.1 Å². The van der Waals surface area contributed by atoms with Crippen molar-refractivity contribution in [2.75, 3.05) is 27.4 Å². The summed E-state index contributed by atoms with van der Waals surface area (Å²) in [5.74, 6) is 1.57. The van der Waals surface area contributed by atoms with Gasteiger partial charge in [0.05, 0.1) is 31.7 Å². The largest absolute Gasteiger partial charge is 0.493 e. The first-order valence-corrected chi connectivity index (χ1v) is 12.7. The van der Waals surface area contributed by atoms with Crippen molar-refractivity contribution in [1.29, 1.82) is 0 Å². The van der Waals surface area contributed by atoms with Crippen LogP contribution in [0.2, 0.25) is 0 Å². The number of rotatable bonds is 5. The number of ether oxygens (including phenoxy) is 2. The van der Waals surface area contributed by atoms with Gasteiger partial charge in [0.1, 0.15) is 18.2 Å². The molecule has 7 atom stereocenters. The summed E-state index contributed by atoms with van der Waals surface area (Å²) in [6.45, 7) is 5.97. The quantitative estimate of drug-likeness (QED) is 0.392. The van der Waals surface area contributed by atoms with Gasteiger partial charge in [0.2, 0.25) is 0 Å². The number of aliphatic hydroxyl groups is 1. The first-order valence-electron chi connectivity index (χ1n) is 11.2. The molecule has 176 valence electrons. The zero-order valence-corrected chi connectivity index (χ0v) is 20.2. The minimum Gasteiger partial charge on any atom is -0.493 e. The Balaban J connectivity index is 1.52. The van der Waals surface area contributed by atoms with Crippen LogP contribution in [0.1, 0.15) is 38.3 Å². The first-order chi connectivity index (χ1) is 14.9. The van der Waals surface area contributed by atoms with Crippen LogP contribution < -0.4 is 9.47 Å². The van der Waals surface area contributed by atoms with E-state index >= 15 is 0 Å². The van der Waals surface area contributed by atoms with Gasteiger partial charge in [-0.25, -0.2) is 9.09 Å². The Labute approximate surface area is 188 Å². The van der Waals surface area contributed by atoms with Crippen molar-refractivity contribution >= 4 is 7.82 Å². The highest BCUT2D eigenvalue weighted by molar-refractivity contribution is 7.47. The molecule has 0 amide bonds.